The van der Waals surface area contributed by atoms with Gasteiger partial charge in [0.05, 0.1) is 28.1 Å². The molecule has 3 aliphatic heterocycles. The minimum Gasteiger partial charge on any atom is -0.490 e. The Morgan fingerprint density at radius 3 is 2.64 bits per heavy atom. The molecule has 1 saturated heterocycles. The zero-order valence-electron chi connectivity index (χ0n) is 28.1. The van der Waals surface area contributed by atoms with Crippen molar-refractivity contribution in [3.63, 3.8) is 0 Å². The molecular weight excluding hydrogens is 630 g/mol. The molecule has 1 spiro atoms. The van der Waals surface area contributed by atoms with Gasteiger partial charge in [-0.2, -0.15) is 0 Å². The number of hydrogen-bond acceptors (Lipinski definition) is 6. The first-order valence-electron chi connectivity index (χ1n) is 17.9. The van der Waals surface area contributed by atoms with E-state index in [9.17, 15) is 14.1 Å². The highest BCUT2D eigenvalue weighted by Gasteiger charge is 2.45. The van der Waals surface area contributed by atoms with E-state index in [0.29, 0.717) is 18.1 Å². The predicted molar refractivity (Wildman–Crippen MR) is 192 cm³/mol. The van der Waals surface area contributed by atoms with E-state index in [2.05, 4.69) is 39.4 Å². The van der Waals surface area contributed by atoms with Gasteiger partial charge in [0.2, 0.25) is 0 Å². The number of ether oxygens (including phenoxy) is 1. The number of aliphatic hydroxyl groups is 1. The molecule has 47 heavy (non-hydrogen) atoms. The standard InChI is InChI=1S/C38H52ClN3O4S/c1-25-18-31(41-16-5-4-6-17-41)21-35(43)32-12-9-29(32)22-42-23-38(15-7-8-27-19-30(39)11-13-33(27)38)24-46-36-14-10-28(20-34(36)42)37(44)40-47(3,45)26(25)2/h10-11,13-14,19-20,25-26,29,31-32,35,43H,3-9,12,15-18,21-24H2,1-2H3,(H,40,44,45)/t25-,26+,29-,31-,32+,35-,38-,47?/m0/s1. The number of carbonyl (C=O) groups excluding carboxylic acids is 1. The first-order chi connectivity index (χ1) is 22.5. The maximum atomic E-state index is 14.1. The second-order valence-electron chi connectivity index (χ2n) is 15.4. The Hall–Kier alpha value is -2.26. The van der Waals surface area contributed by atoms with Crippen molar-refractivity contribution >= 4 is 38.8 Å². The third-order valence-corrected chi connectivity index (χ3v) is 14.9. The summed E-state index contributed by atoms with van der Waals surface area (Å²) in [4.78, 5) is 18.8. The van der Waals surface area contributed by atoms with Crippen molar-refractivity contribution in [2.24, 2.45) is 17.8 Å². The molecule has 2 aromatic rings. The molecule has 8 atom stereocenters. The molecule has 5 aliphatic rings. The Bertz CT molecular complexity index is 1590. The fourth-order valence-corrected chi connectivity index (χ4v) is 11.0. The highest BCUT2D eigenvalue weighted by atomic mass is 35.5. The van der Waals surface area contributed by atoms with Gasteiger partial charge in [-0.1, -0.05) is 31.0 Å². The normalized spacial score (nSPS) is 36.7. The number of halogens is 1. The number of nitrogens with zero attached hydrogens (tertiary/aromatic N) is 2. The minimum absolute atomic E-state index is 0.0601. The molecule has 7 nitrogen and oxygen atoms in total. The first-order valence-corrected chi connectivity index (χ1v) is 20.1. The maximum Gasteiger partial charge on any atom is 0.262 e. The molecule has 7 rings (SSSR count). The lowest BCUT2D eigenvalue weighted by Gasteiger charge is -2.47. The molecule has 2 fully saturated rings. The van der Waals surface area contributed by atoms with Gasteiger partial charge in [0.15, 0.2) is 0 Å². The van der Waals surface area contributed by atoms with Crippen molar-refractivity contribution in [2.45, 2.75) is 101 Å². The Kier molecular flexibility index (Phi) is 9.35. The van der Waals surface area contributed by atoms with Crippen LogP contribution in [0.15, 0.2) is 36.4 Å². The molecule has 2 aliphatic carbocycles. The maximum absolute atomic E-state index is 14.1. The summed E-state index contributed by atoms with van der Waals surface area (Å²) in [6, 6.07) is 12.1. The molecule has 1 saturated carbocycles. The van der Waals surface area contributed by atoms with E-state index in [1.807, 2.05) is 25.1 Å². The highest BCUT2D eigenvalue weighted by Crippen LogP contribution is 2.47. The average Bonchev–Trinajstić information content (AvgIpc) is 3.18. The summed E-state index contributed by atoms with van der Waals surface area (Å²) in [5.74, 6) is 5.13. The van der Waals surface area contributed by atoms with Crippen LogP contribution in [0.2, 0.25) is 5.02 Å². The zero-order chi connectivity index (χ0) is 32.9. The Morgan fingerprint density at radius 2 is 1.87 bits per heavy atom. The number of anilines is 1. The number of benzene rings is 2. The van der Waals surface area contributed by atoms with Crippen molar-refractivity contribution in [3.05, 3.63) is 58.1 Å². The molecule has 1 amide bonds. The summed E-state index contributed by atoms with van der Waals surface area (Å²) >= 11 is 6.46. The van der Waals surface area contributed by atoms with Gasteiger partial charge in [0.1, 0.15) is 5.75 Å². The number of nitrogens with one attached hydrogen (secondary N) is 1. The van der Waals surface area contributed by atoms with Crippen LogP contribution in [0.3, 0.4) is 0 Å². The van der Waals surface area contributed by atoms with Crippen molar-refractivity contribution in [1.82, 2.24) is 9.62 Å². The number of aliphatic hydroxyl groups excluding tert-OH is 1. The second kappa shape index (κ2) is 13.2. The highest BCUT2D eigenvalue weighted by molar-refractivity contribution is 7.99. The lowest BCUT2D eigenvalue weighted by molar-refractivity contribution is -0.0128. The predicted octanol–water partition coefficient (Wildman–Crippen LogP) is 6.23. The number of likely N-dealkylation sites (tertiary alicyclic amines) is 1. The molecule has 2 aromatic carbocycles. The number of carbonyl (C=O) groups is 1. The SMILES string of the molecule is C=S1(=O)NC(=O)c2ccc3c(c2)N(C[C@@H]2CC[C@H]2[C@@H](O)C[C@@H](N2CCCCC2)C[C@H](C)[C@H]1C)C[C@@]1(CCCc2cc(Cl)ccc21)CO3. The van der Waals surface area contributed by atoms with Crippen molar-refractivity contribution < 1.29 is 18.8 Å². The molecule has 3 heterocycles. The third kappa shape index (κ3) is 6.56. The second-order valence-corrected chi connectivity index (χ2v) is 18.3. The van der Waals surface area contributed by atoms with Gasteiger partial charge in [-0.15, -0.1) is 0 Å². The molecule has 0 aromatic heterocycles. The van der Waals surface area contributed by atoms with Crippen LogP contribution >= 0.6 is 11.6 Å². The van der Waals surface area contributed by atoms with Crippen molar-refractivity contribution in [3.8, 4) is 5.75 Å². The third-order valence-electron chi connectivity index (χ3n) is 12.5. The Balaban J connectivity index is 1.27. The van der Waals surface area contributed by atoms with Gasteiger partial charge in [-0.3, -0.25) is 9.52 Å². The van der Waals surface area contributed by atoms with Crippen LogP contribution in [-0.2, 0) is 21.5 Å². The Morgan fingerprint density at radius 1 is 1.06 bits per heavy atom. The number of fused-ring (bicyclic) bond motifs is 4. The van der Waals surface area contributed by atoms with E-state index >= 15 is 0 Å². The van der Waals surface area contributed by atoms with E-state index in [1.54, 1.807) is 6.07 Å². The number of rotatable bonds is 1. The summed E-state index contributed by atoms with van der Waals surface area (Å²) < 4.78 is 23.6. The number of amides is 1. The number of aryl methyl sites for hydroxylation is 1. The van der Waals surface area contributed by atoms with E-state index in [-0.39, 0.29) is 40.6 Å². The molecule has 256 valence electrons. The molecular formula is C38H52ClN3O4S. The Labute approximate surface area is 286 Å². The van der Waals surface area contributed by atoms with Crippen LogP contribution in [0.1, 0.15) is 93.1 Å². The van der Waals surface area contributed by atoms with E-state index in [4.69, 9.17) is 16.3 Å². The lowest BCUT2D eigenvalue weighted by atomic mass is 9.67. The quantitative estimate of drug-likeness (QED) is 0.347. The zero-order valence-corrected chi connectivity index (χ0v) is 29.7. The first kappa shape index (κ1) is 33.2. The number of piperidine rings is 1. The van der Waals surface area contributed by atoms with Crippen LogP contribution in [-0.4, -0.2) is 76.2 Å². The summed E-state index contributed by atoms with van der Waals surface area (Å²) in [6.45, 7) is 8.28. The fraction of sp³-hybridized carbons (Fsp3) is 0.632. The monoisotopic (exact) mass is 681 g/mol. The fourth-order valence-electron chi connectivity index (χ4n) is 9.30. The van der Waals surface area contributed by atoms with E-state index in [0.717, 1.165) is 87.6 Å². The smallest absolute Gasteiger partial charge is 0.262 e. The van der Waals surface area contributed by atoms with Crippen molar-refractivity contribution in [2.75, 3.05) is 37.7 Å². The van der Waals surface area contributed by atoms with E-state index < -0.39 is 9.71 Å². The topological polar surface area (TPSA) is 82.1 Å². The van der Waals surface area contributed by atoms with Crippen LogP contribution in [0, 0.1) is 17.8 Å². The van der Waals surface area contributed by atoms with Gasteiger partial charge in [0, 0.05) is 40.4 Å². The van der Waals surface area contributed by atoms with Gasteiger partial charge in [0.25, 0.3) is 5.91 Å². The summed E-state index contributed by atoms with van der Waals surface area (Å²) in [7, 11) is -2.95. The van der Waals surface area contributed by atoms with Gasteiger partial charge in [-0.25, -0.2) is 4.21 Å². The minimum atomic E-state index is -2.95. The van der Waals surface area contributed by atoms with E-state index in [1.165, 1.54) is 30.4 Å². The molecule has 2 bridgehead atoms. The molecule has 0 radical (unpaired) electrons. The molecule has 2 N–H and O–H groups in total. The largest absolute Gasteiger partial charge is 0.490 e. The van der Waals surface area contributed by atoms with Crippen LogP contribution in [0.25, 0.3) is 0 Å². The average molecular weight is 682 g/mol. The molecule has 9 heteroatoms. The summed E-state index contributed by atoms with van der Waals surface area (Å²) in [6.07, 6.45) is 9.96. The van der Waals surface area contributed by atoms with Crippen LogP contribution in [0.4, 0.5) is 5.69 Å². The van der Waals surface area contributed by atoms with Crippen LogP contribution < -0.4 is 14.4 Å². The number of hydrogen-bond donors (Lipinski definition) is 2. The summed E-state index contributed by atoms with van der Waals surface area (Å²) in [5.41, 5.74) is 3.74. The lowest BCUT2D eigenvalue weighted by Crippen LogP contribution is -2.51. The molecule has 1 unspecified atom stereocenters. The van der Waals surface area contributed by atoms with Gasteiger partial charge >= 0.3 is 0 Å². The van der Waals surface area contributed by atoms with Crippen LogP contribution in [0.5, 0.6) is 5.75 Å². The van der Waals surface area contributed by atoms with Crippen molar-refractivity contribution in [1.29, 1.82) is 0 Å². The summed E-state index contributed by atoms with van der Waals surface area (Å²) in [5, 5.41) is 12.4. The van der Waals surface area contributed by atoms with Gasteiger partial charge in [-0.05, 0) is 143 Å². The van der Waals surface area contributed by atoms with Gasteiger partial charge < -0.3 is 19.6 Å².